The normalized spacial score (nSPS) is 10.1. The Hall–Kier alpha value is -2.61. The van der Waals surface area contributed by atoms with Crippen LogP contribution in [-0.4, -0.2) is 37.7 Å². The largest absolute Gasteiger partial charge is 0.497 e. The Bertz CT molecular complexity index is 685. The molecule has 8 heteroatoms. The molecule has 2 N–H and O–H groups in total. The molecule has 1 aromatic carbocycles. The van der Waals surface area contributed by atoms with E-state index in [2.05, 4.69) is 20.4 Å². The number of carbonyl (C=O) groups is 2. The predicted octanol–water partition coefficient (Wildman–Crippen LogP) is 2.23. The lowest BCUT2D eigenvalue weighted by molar-refractivity contribution is -0.139. The van der Waals surface area contributed by atoms with Gasteiger partial charge in [-0.05, 0) is 24.1 Å². The van der Waals surface area contributed by atoms with Gasteiger partial charge in [-0.25, -0.2) is 9.78 Å². The highest BCUT2D eigenvalue weighted by Crippen LogP contribution is 2.16. The number of nitrogens with one attached hydrogen (secondary N) is 2. The quantitative estimate of drug-likeness (QED) is 0.748. The molecule has 2 aromatic rings. The molecule has 0 spiro atoms. The molecule has 0 saturated carbocycles. The summed E-state index contributed by atoms with van der Waals surface area (Å²) in [5.74, 6) is 0.437. The maximum absolute atomic E-state index is 11.8. The van der Waals surface area contributed by atoms with Crippen molar-refractivity contribution in [2.24, 2.45) is 0 Å². The number of aromatic nitrogens is 1. The van der Waals surface area contributed by atoms with Crippen LogP contribution in [-0.2, 0) is 22.4 Å². The van der Waals surface area contributed by atoms with Crippen LogP contribution < -0.4 is 15.4 Å². The van der Waals surface area contributed by atoms with E-state index in [1.807, 2.05) is 24.3 Å². The summed E-state index contributed by atoms with van der Waals surface area (Å²) < 4.78 is 9.67. The van der Waals surface area contributed by atoms with Gasteiger partial charge in [0.2, 0.25) is 0 Å². The molecule has 1 heterocycles. The van der Waals surface area contributed by atoms with Crippen LogP contribution in [0.4, 0.5) is 9.93 Å². The average molecular weight is 349 g/mol. The van der Waals surface area contributed by atoms with Gasteiger partial charge in [-0.1, -0.05) is 12.1 Å². The topological polar surface area (TPSA) is 89.5 Å². The van der Waals surface area contributed by atoms with Crippen LogP contribution in [0.1, 0.15) is 11.3 Å². The first-order valence-corrected chi connectivity index (χ1v) is 8.17. The van der Waals surface area contributed by atoms with E-state index in [0.29, 0.717) is 23.8 Å². The minimum Gasteiger partial charge on any atom is -0.497 e. The first-order valence-electron chi connectivity index (χ1n) is 7.29. The standard InChI is InChI=1S/C16H19N3O4S/c1-22-13-5-3-11(4-6-13)7-8-17-15(21)19-16-18-12(10-24-16)9-14(20)23-2/h3-6,10H,7-9H2,1-2H3,(H2,17,18,19,21). The number of rotatable bonds is 7. The second-order valence-electron chi connectivity index (χ2n) is 4.88. The summed E-state index contributed by atoms with van der Waals surface area (Å²) in [6.45, 7) is 0.499. The number of hydrogen-bond acceptors (Lipinski definition) is 6. The fraction of sp³-hybridized carbons (Fsp3) is 0.312. The van der Waals surface area contributed by atoms with E-state index in [4.69, 9.17) is 4.74 Å². The number of urea groups is 1. The third-order valence-electron chi connectivity index (χ3n) is 3.18. The summed E-state index contributed by atoms with van der Waals surface area (Å²) in [6.07, 6.45) is 0.802. The van der Waals surface area contributed by atoms with Crippen molar-refractivity contribution in [3.8, 4) is 5.75 Å². The van der Waals surface area contributed by atoms with Gasteiger partial charge < -0.3 is 14.8 Å². The van der Waals surface area contributed by atoms with Crippen LogP contribution in [0.15, 0.2) is 29.6 Å². The lowest BCUT2D eigenvalue weighted by Crippen LogP contribution is -2.30. The molecule has 0 bridgehead atoms. The Labute approximate surface area is 144 Å². The number of ether oxygens (including phenoxy) is 2. The van der Waals surface area contributed by atoms with E-state index >= 15 is 0 Å². The fourth-order valence-electron chi connectivity index (χ4n) is 1.92. The van der Waals surface area contributed by atoms with Crippen LogP contribution in [0, 0.1) is 0 Å². The van der Waals surface area contributed by atoms with Crippen molar-refractivity contribution >= 4 is 28.5 Å². The van der Waals surface area contributed by atoms with E-state index in [1.54, 1.807) is 12.5 Å². The van der Waals surface area contributed by atoms with Crippen molar-refractivity contribution < 1.29 is 19.1 Å². The summed E-state index contributed by atoms with van der Waals surface area (Å²) >= 11 is 1.26. The number of benzene rings is 1. The Morgan fingerprint density at radius 1 is 1.21 bits per heavy atom. The molecule has 0 unspecified atom stereocenters. The van der Waals surface area contributed by atoms with Gasteiger partial charge in [-0.15, -0.1) is 11.3 Å². The van der Waals surface area contributed by atoms with Crippen molar-refractivity contribution in [3.63, 3.8) is 0 Å². The molecule has 0 aliphatic carbocycles. The van der Waals surface area contributed by atoms with E-state index in [-0.39, 0.29) is 18.4 Å². The zero-order valence-electron chi connectivity index (χ0n) is 13.5. The molecule has 0 aliphatic heterocycles. The van der Waals surface area contributed by atoms with Gasteiger partial charge in [-0.3, -0.25) is 10.1 Å². The minimum absolute atomic E-state index is 0.0910. The Balaban J connectivity index is 1.73. The van der Waals surface area contributed by atoms with Crippen LogP contribution >= 0.6 is 11.3 Å². The molecule has 0 fully saturated rings. The average Bonchev–Trinajstić information content (AvgIpc) is 3.02. The van der Waals surface area contributed by atoms with Crippen molar-refractivity contribution in [2.45, 2.75) is 12.8 Å². The fourth-order valence-corrected chi connectivity index (χ4v) is 2.62. The highest BCUT2D eigenvalue weighted by molar-refractivity contribution is 7.13. The van der Waals surface area contributed by atoms with Crippen LogP contribution in [0.25, 0.3) is 0 Å². The van der Waals surface area contributed by atoms with E-state index < -0.39 is 0 Å². The number of methoxy groups -OCH3 is 2. The molecule has 7 nitrogen and oxygen atoms in total. The van der Waals surface area contributed by atoms with Gasteiger partial charge in [0, 0.05) is 11.9 Å². The predicted molar refractivity (Wildman–Crippen MR) is 91.6 cm³/mol. The van der Waals surface area contributed by atoms with Crippen molar-refractivity contribution in [1.82, 2.24) is 10.3 Å². The molecule has 24 heavy (non-hydrogen) atoms. The SMILES string of the molecule is COC(=O)Cc1csc(NC(=O)NCCc2ccc(OC)cc2)n1. The number of hydrogen-bond donors (Lipinski definition) is 2. The molecular formula is C16H19N3O4S. The first kappa shape index (κ1) is 17.7. The Morgan fingerprint density at radius 2 is 1.96 bits per heavy atom. The number of nitrogens with zero attached hydrogens (tertiary/aromatic N) is 1. The number of esters is 1. The number of amides is 2. The molecule has 2 rings (SSSR count). The number of carbonyl (C=O) groups excluding carboxylic acids is 2. The Morgan fingerprint density at radius 3 is 2.62 bits per heavy atom. The van der Waals surface area contributed by atoms with Gasteiger partial charge >= 0.3 is 12.0 Å². The number of thiazole rings is 1. The van der Waals surface area contributed by atoms with Gasteiger partial charge in [0.15, 0.2) is 5.13 Å². The zero-order valence-corrected chi connectivity index (χ0v) is 14.3. The maximum Gasteiger partial charge on any atom is 0.321 e. The van der Waals surface area contributed by atoms with Crippen LogP contribution in [0.5, 0.6) is 5.75 Å². The van der Waals surface area contributed by atoms with Gasteiger partial charge in [-0.2, -0.15) is 0 Å². The van der Waals surface area contributed by atoms with E-state index in [9.17, 15) is 9.59 Å². The number of anilines is 1. The van der Waals surface area contributed by atoms with Crippen molar-refractivity contribution in [2.75, 3.05) is 26.1 Å². The van der Waals surface area contributed by atoms with Crippen LogP contribution in [0.2, 0.25) is 0 Å². The molecule has 0 aliphatic rings. The molecular weight excluding hydrogens is 330 g/mol. The van der Waals surface area contributed by atoms with E-state index in [0.717, 1.165) is 11.3 Å². The summed E-state index contributed by atoms with van der Waals surface area (Å²) in [7, 11) is 2.94. The van der Waals surface area contributed by atoms with Crippen molar-refractivity contribution in [1.29, 1.82) is 0 Å². The summed E-state index contributed by atoms with van der Waals surface area (Å²) in [4.78, 5) is 27.1. The van der Waals surface area contributed by atoms with Crippen molar-refractivity contribution in [3.05, 3.63) is 40.9 Å². The first-order chi connectivity index (χ1) is 11.6. The lowest BCUT2D eigenvalue weighted by atomic mass is 10.1. The van der Waals surface area contributed by atoms with Gasteiger partial charge in [0.1, 0.15) is 5.75 Å². The molecule has 0 saturated heterocycles. The smallest absolute Gasteiger partial charge is 0.321 e. The zero-order chi connectivity index (χ0) is 17.4. The molecule has 1 aromatic heterocycles. The second kappa shape index (κ2) is 8.88. The van der Waals surface area contributed by atoms with Gasteiger partial charge in [0.05, 0.1) is 26.3 Å². The monoisotopic (exact) mass is 349 g/mol. The van der Waals surface area contributed by atoms with E-state index in [1.165, 1.54) is 18.4 Å². The lowest BCUT2D eigenvalue weighted by Gasteiger charge is -2.06. The third-order valence-corrected chi connectivity index (χ3v) is 3.99. The minimum atomic E-state index is -0.365. The molecule has 2 amide bonds. The Kier molecular flexibility index (Phi) is 6.56. The third kappa shape index (κ3) is 5.54. The molecule has 128 valence electrons. The van der Waals surface area contributed by atoms with Crippen LogP contribution in [0.3, 0.4) is 0 Å². The highest BCUT2D eigenvalue weighted by atomic mass is 32.1. The second-order valence-corrected chi connectivity index (χ2v) is 5.73. The maximum atomic E-state index is 11.8. The van der Waals surface area contributed by atoms with Gasteiger partial charge in [0.25, 0.3) is 0 Å². The summed E-state index contributed by atoms with van der Waals surface area (Å²) in [5, 5.41) is 7.56. The highest BCUT2D eigenvalue weighted by Gasteiger charge is 2.09. The molecule has 0 radical (unpaired) electrons. The summed E-state index contributed by atoms with van der Waals surface area (Å²) in [5.41, 5.74) is 1.67. The molecule has 0 atom stereocenters. The summed E-state index contributed by atoms with van der Waals surface area (Å²) in [6, 6.07) is 7.35.